The highest BCUT2D eigenvalue weighted by atomic mass is 14.2. The molecule has 0 spiro atoms. The fraction of sp³-hybridized carbons (Fsp3) is 1.00. The van der Waals surface area contributed by atoms with Crippen LogP contribution in [0.25, 0.3) is 0 Å². The predicted octanol–water partition coefficient (Wildman–Crippen LogP) is 4.89. The molecule has 0 saturated heterocycles. The maximum Gasteiger partial charge on any atom is -0.0365 e. The normalized spacial score (nSPS) is 18.2. The van der Waals surface area contributed by atoms with Crippen molar-refractivity contribution in [3.8, 4) is 0 Å². The van der Waals surface area contributed by atoms with E-state index >= 15 is 0 Å². The molecule has 0 heteroatoms. The molecule has 0 saturated carbocycles. The average Bonchev–Trinajstić information content (AvgIpc) is 2.15. The highest BCUT2D eigenvalue weighted by Crippen LogP contribution is 2.29. The Bertz CT molecular complexity index is 107. The minimum atomic E-state index is 0.914. The van der Waals surface area contributed by atoms with Crippen molar-refractivity contribution in [2.75, 3.05) is 0 Å². The summed E-state index contributed by atoms with van der Waals surface area (Å²) in [4.78, 5) is 0. The van der Waals surface area contributed by atoms with Gasteiger partial charge in [0.2, 0.25) is 0 Å². The summed E-state index contributed by atoms with van der Waals surface area (Å²) in [5, 5.41) is 0. The van der Waals surface area contributed by atoms with Gasteiger partial charge in [-0.3, -0.25) is 0 Å². The lowest BCUT2D eigenvalue weighted by atomic mass is 9.78. The van der Waals surface area contributed by atoms with Gasteiger partial charge in [-0.05, 0) is 17.8 Å². The molecule has 0 radical (unpaired) electrons. The number of unbranched alkanes of at least 4 members (excludes halogenated alkanes) is 1. The Balaban J connectivity index is 3.90. The van der Waals surface area contributed by atoms with Crippen molar-refractivity contribution in [1.29, 1.82) is 0 Å². The molecule has 0 aliphatic heterocycles. The van der Waals surface area contributed by atoms with Gasteiger partial charge >= 0.3 is 0 Å². The Morgan fingerprint density at radius 2 is 1.46 bits per heavy atom. The van der Waals surface area contributed by atoms with Gasteiger partial charge in [0.15, 0.2) is 0 Å². The lowest BCUT2D eigenvalue weighted by Gasteiger charge is -2.28. The molecule has 13 heavy (non-hydrogen) atoms. The maximum absolute atomic E-state index is 2.44. The molecule has 3 unspecified atom stereocenters. The van der Waals surface area contributed by atoms with Crippen molar-refractivity contribution in [1.82, 2.24) is 0 Å². The van der Waals surface area contributed by atoms with Crippen LogP contribution in [0.3, 0.4) is 0 Å². The summed E-state index contributed by atoms with van der Waals surface area (Å²) >= 11 is 0. The van der Waals surface area contributed by atoms with Crippen molar-refractivity contribution in [3.05, 3.63) is 0 Å². The maximum atomic E-state index is 2.44. The van der Waals surface area contributed by atoms with Gasteiger partial charge in [-0.15, -0.1) is 0 Å². The Labute approximate surface area is 85.1 Å². The van der Waals surface area contributed by atoms with Crippen molar-refractivity contribution >= 4 is 0 Å². The summed E-state index contributed by atoms with van der Waals surface area (Å²) in [5.74, 6) is 2.80. The summed E-state index contributed by atoms with van der Waals surface area (Å²) in [6.07, 6.45) is 6.89. The Kier molecular flexibility index (Phi) is 7.41. The molecule has 0 fully saturated rings. The Morgan fingerprint density at radius 1 is 0.846 bits per heavy atom. The molecule has 0 aliphatic carbocycles. The van der Waals surface area contributed by atoms with E-state index in [0.717, 1.165) is 17.8 Å². The molecular weight excluding hydrogens is 156 g/mol. The van der Waals surface area contributed by atoms with Crippen LogP contribution in [0.1, 0.15) is 66.7 Å². The monoisotopic (exact) mass is 184 g/mol. The first-order valence-electron chi connectivity index (χ1n) is 6.17. The summed E-state index contributed by atoms with van der Waals surface area (Å²) in [7, 11) is 0. The van der Waals surface area contributed by atoms with Crippen LogP contribution in [0, 0.1) is 17.8 Å². The average molecular weight is 184 g/mol. The topological polar surface area (TPSA) is 0 Å². The van der Waals surface area contributed by atoms with E-state index in [0.29, 0.717) is 0 Å². The molecule has 80 valence electrons. The molecule has 0 rings (SSSR count). The first-order chi connectivity index (χ1) is 6.17. The Hall–Kier alpha value is 0. The van der Waals surface area contributed by atoms with Gasteiger partial charge in [0.05, 0.1) is 0 Å². The first kappa shape index (κ1) is 13.0. The lowest BCUT2D eigenvalue weighted by Crippen LogP contribution is -2.18. The molecule has 0 aromatic heterocycles. The van der Waals surface area contributed by atoms with Gasteiger partial charge in [0.1, 0.15) is 0 Å². The highest BCUT2D eigenvalue weighted by Gasteiger charge is 2.19. The minimum absolute atomic E-state index is 0.914. The van der Waals surface area contributed by atoms with E-state index in [1.807, 2.05) is 0 Å². The molecule has 0 bridgehead atoms. The molecule has 3 atom stereocenters. The predicted molar refractivity (Wildman–Crippen MR) is 61.9 cm³/mol. The minimum Gasteiger partial charge on any atom is -0.0654 e. The molecule has 0 heterocycles. The lowest BCUT2D eigenvalue weighted by molar-refractivity contribution is 0.227. The highest BCUT2D eigenvalue weighted by molar-refractivity contribution is 4.70. The zero-order chi connectivity index (χ0) is 10.3. The summed E-state index contributed by atoms with van der Waals surface area (Å²) < 4.78 is 0. The molecule has 0 N–H and O–H groups in total. The van der Waals surface area contributed by atoms with Crippen LogP contribution in [0.4, 0.5) is 0 Å². The van der Waals surface area contributed by atoms with Gasteiger partial charge in [-0.2, -0.15) is 0 Å². The smallest absolute Gasteiger partial charge is 0.0365 e. The Morgan fingerprint density at radius 3 is 1.85 bits per heavy atom. The van der Waals surface area contributed by atoms with Crippen molar-refractivity contribution < 1.29 is 0 Å². The van der Waals surface area contributed by atoms with Gasteiger partial charge in [-0.1, -0.05) is 66.7 Å². The number of rotatable bonds is 7. The van der Waals surface area contributed by atoms with Gasteiger partial charge < -0.3 is 0 Å². The van der Waals surface area contributed by atoms with Crippen LogP contribution in [-0.4, -0.2) is 0 Å². The van der Waals surface area contributed by atoms with E-state index in [1.165, 1.54) is 32.1 Å². The van der Waals surface area contributed by atoms with E-state index in [4.69, 9.17) is 0 Å². The van der Waals surface area contributed by atoms with Gasteiger partial charge in [0.25, 0.3) is 0 Å². The molecular formula is C13H28. The standard InChI is InChI=1S/C13H28/c1-6-9-10-12(5)13(8-3)11(4)7-2/h11-13H,6-10H2,1-5H3. The first-order valence-corrected chi connectivity index (χ1v) is 6.17. The van der Waals surface area contributed by atoms with E-state index < -0.39 is 0 Å². The quantitative estimate of drug-likeness (QED) is 0.528. The molecule has 0 nitrogen and oxygen atoms in total. The van der Waals surface area contributed by atoms with Crippen LogP contribution in [-0.2, 0) is 0 Å². The van der Waals surface area contributed by atoms with Crippen molar-refractivity contribution in [2.45, 2.75) is 66.7 Å². The van der Waals surface area contributed by atoms with Crippen LogP contribution in [0.15, 0.2) is 0 Å². The number of hydrogen-bond donors (Lipinski definition) is 0. The van der Waals surface area contributed by atoms with Crippen LogP contribution in [0.5, 0.6) is 0 Å². The molecule has 0 amide bonds. The van der Waals surface area contributed by atoms with E-state index in [1.54, 1.807) is 0 Å². The third kappa shape index (κ3) is 4.69. The zero-order valence-electron chi connectivity index (χ0n) is 10.3. The van der Waals surface area contributed by atoms with Crippen LogP contribution < -0.4 is 0 Å². The fourth-order valence-corrected chi connectivity index (χ4v) is 2.41. The van der Waals surface area contributed by atoms with Gasteiger partial charge in [0, 0.05) is 0 Å². The summed E-state index contributed by atoms with van der Waals surface area (Å²) in [6.45, 7) is 11.8. The fourth-order valence-electron chi connectivity index (χ4n) is 2.41. The second kappa shape index (κ2) is 7.41. The second-order valence-corrected chi connectivity index (χ2v) is 4.58. The van der Waals surface area contributed by atoms with E-state index in [-0.39, 0.29) is 0 Å². The molecule has 0 aromatic carbocycles. The number of hydrogen-bond acceptors (Lipinski definition) is 0. The molecule has 0 aliphatic rings. The van der Waals surface area contributed by atoms with E-state index in [9.17, 15) is 0 Å². The SMILES string of the molecule is CCCCC(C)C(CC)C(C)CC. The van der Waals surface area contributed by atoms with Crippen LogP contribution >= 0.6 is 0 Å². The van der Waals surface area contributed by atoms with E-state index in [2.05, 4.69) is 34.6 Å². The van der Waals surface area contributed by atoms with Crippen LogP contribution in [0.2, 0.25) is 0 Å². The largest absolute Gasteiger partial charge is 0.0654 e. The summed E-state index contributed by atoms with van der Waals surface area (Å²) in [5.41, 5.74) is 0. The summed E-state index contributed by atoms with van der Waals surface area (Å²) in [6, 6.07) is 0. The third-order valence-electron chi connectivity index (χ3n) is 3.59. The van der Waals surface area contributed by atoms with Crippen molar-refractivity contribution in [3.63, 3.8) is 0 Å². The third-order valence-corrected chi connectivity index (χ3v) is 3.59. The van der Waals surface area contributed by atoms with Crippen molar-refractivity contribution in [2.24, 2.45) is 17.8 Å². The second-order valence-electron chi connectivity index (χ2n) is 4.58. The zero-order valence-corrected chi connectivity index (χ0v) is 10.3. The van der Waals surface area contributed by atoms with Gasteiger partial charge in [-0.25, -0.2) is 0 Å². The molecule has 0 aromatic rings.